The summed E-state index contributed by atoms with van der Waals surface area (Å²) in [4.78, 5) is 27.8. The lowest BCUT2D eigenvalue weighted by Crippen LogP contribution is -2.54. The first-order valence-corrected chi connectivity index (χ1v) is 7.74. The van der Waals surface area contributed by atoms with Crippen molar-refractivity contribution in [2.45, 2.75) is 19.4 Å². The molecule has 0 spiro atoms. The number of carbonyl (C=O) groups excluding carboxylic acids is 2. The molecule has 2 fully saturated rings. The van der Waals surface area contributed by atoms with Gasteiger partial charge in [0, 0.05) is 44.7 Å². The largest absolute Gasteiger partial charge is 0.337 e. The number of rotatable bonds is 2. The van der Waals surface area contributed by atoms with Crippen LogP contribution >= 0.6 is 12.4 Å². The molecule has 24 heavy (non-hydrogen) atoms. The standard InChI is InChI=1S/C16H19F2N3O2.ClH/c1-10-8-19-4-5-20(10)16(23)11-6-15(22)21(9-11)14-3-2-12(17)7-13(14)18;/h2-3,7,10-11,19H,4-6,8-9H2,1H3;1H. The summed E-state index contributed by atoms with van der Waals surface area (Å²) in [5.41, 5.74) is 0.0278. The molecule has 1 aromatic carbocycles. The molecular formula is C16H20ClF2N3O2. The predicted molar refractivity (Wildman–Crippen MR) is 88.1 cm³/mol. The van der Waals surface area contributed by atoms with Crippen molar-refractivity contribution in [1.29, 1.82) is 0 Å². The van der Waals surface area contributed by atoms with Gasteiger partial charge in [0.05, 0.1) is 11.6 Å². The lowest BCUT2D eigenvalue weighted by Gasteiger charge is -2.35. The maximum atomic E-state index is 13.9. The Hall–Kier alpha value is -1.73. The number of amides is 2. The van der Waals surface area contributed by atoms with Crippen molar-refractivity contribution < 1.29 is 18.4 Å². The first-order chi connectivity index (χ1) is 11.0. The van der Waals surface area contributed by atoms with Crippen LogP contribution in [0, 0.1) is 17.6 Å². The fraction of sp³-hybridized carbons (Fsp3) is 0.500. The van der Waals surface area contributed by atoms with Crippen molar-refractivity contribution in [3.05, 3.63) is 29.8 Å². The fourth-order valence-corrected chi connectivity index (χ4v) is 3.21. The van der Waals surface area contributed by atoms with Gasteiger partial charge in [-0.1, -0.05) is 0 Å². The van der Waals surface area contributed by atoms with E-state index in [4.69, 9.17) is 0 Å². The lowest BCUT2D eigenvalue weighted by molar-refractivity contribution is -0.138. The molecule has 3 rings (SSSR count). The molecule has 2 aliphatic heterocycles. The van der Waals surface area contributed by atoms with E-state index in [-0.39, 0.29) is 48.9 Å². The number of hydrogen-bond donors (Lipinski definition) is 1. The molecule has 8 heteroatoms. The monoisotopic (exact) mass is 359 g/mol. The summed E-state index contributed by atoms with van der Waals surface area (Å²) < 4.78 is 26.9. The average molecular weight is 360 g/mol. The molecule has 0 aromatic heterocycles. The van der Waals surface area contributed by atoms with E-state index in [1.54, 1.807) is 4.90 Å². The van der Waals surface area contributed by atoms with Gasteiger partial charge < -0.3 is 15.1 Å². The smallest absolute Gasteiger partial charge is 0.228 e. The maximum Gasteiger partial charge on any atom is 0.228 e. The number of piperazine rings is 1. The lowest BCUT2D eigenvalue weighted by atomic mass is 10.1. The van der Waals surface area contributed by atoms with Gasteiger partial charge in [-0.15, -0.1) is 12.4 Å². The molecule has 2 heterocycles. The third kappa shape index (κ3) is 3.52. The summed E-state index contributed by atoms with van der Waals surface area (Å²) in [5, 5.41) is 3.21. The molecule has 2 aliphatic rings. The van der Waals surface area contributed by atoms with Gasteiger partial charge in [-0.05, 0) is 19.1 Å². The van der Waals surface area contributed by atoms with Crippen LogP contribution in [-0.4, -0.2) is 48.9 Å². The highest BCUT2D eigenvalue weighted by Crippen LogP contribution is 2.29. The third-order valence-electron chi connectivity index (χ3n) is 4.46. The minimum Gasteiger partial charge on any atom is -0.337 e. The second-order valence-electron chi connectivity index (χ2n) is 6.09. The molecule has 2 atom stereocenters. The third-order valence-corrected chi connectivity index (χ3v) is 4.46. The molecule has 5 nitrogen and oxygen atoms in total. The number of nitrogens with one attached hydrogen (secondary N) is 1. The first-order valence-electron chi connectivity index (χ1n) is 7.74. The highest BCUT2D eigenvalue weighted by atomic mass is 35.5. The Morgan fingerprint density at radius 1 is 1.33 bits per heavy atom. The molecule has 1 N–H and O–H groups in total. The Kier molecular flexibility index (Phi) is 5.77. The summed E-state index contributed by atoms with van der Waals surface area (Å²) in [6.45, 7) is 4.15. The molecule has 0 radical (unpaired) electrons. The van der Waals surface area contributed by atoms with Crippen LogP contribution in [0.4, 0.5) is 14.5 Å². The van der Waals surface area contributed by atoms with Crippen LogP contribution in [0.25, 0.3) is 0 Å². The highest BCUT2D eigenvalue weighted by Gasteiger charge is 2.39. The summed E-state index contributed by atoms with van der Waals surface area (Å²) in [6.07, 6.45) is 0.0618. The second kappa shape index (κ2) is 7.44. The molecule has 132 valence electrons. The maximum absolute atomic E-state index is 13.9. The fourth-order valence-electron chi connectivity index (χ4n) is 3.21. The van der Waals surface area contributed by atoms with Gasteiger partial charge in [-0.2, -0.15) is 0 Å². The van der Waals surface area contributed by atoms with E-state index >= 15 is 0 Å². The van der Waals surface area contributed by atoms with Crippen molar-refractivity contribution in [2.75, 3.05) is 31.1 Å². The minimum absolute atomic E-state index is 0. The van der Waals surface area contributed by atoms with Crippen LogP contribution < -0.4 is 10.2 Å². The Morgan fingerprint density at radius 2 is 2.08 bits per heavy atom. The molecule has 2 unspecified atom stereocenters. The quantitative estimate of drug-likeness (QED) is 0.872. The first kappa shape index (κ1) is 18.6. The van der Waals surface area contributed by atoms with E-state index in [1.165, 1.54) is 11.0 Å². The molecule has 2 saturated heterocycles. The van der Waals surface area contributed by atoms with Gasteiger partial charge in [0.15, 0.2) is 0 Å². The normalized spacial score (nSPS) is 24.0. The van der Waals surface area contributed by atoms with Crippen molar-refractivity contribution in [3.8, 4) is 0 Å². The van der Waals surface area contributed by atoms with E-state index in [0.29, 0.717) is 6.54 Å². The van der Waals surface area contributed by atoms with Crippen LogP contribution in [0.2, 0.25) is 0 Å². The van der Waals surface area contributed by atoms with E-state index < -0.39 is 17.6 Å². The Balaban J connectivity index is 0.00000208. The molecule has 1 aromatic rings. The van der Waals surface area contributed by atoms with Gasteiger partial charge >= 0.3 is 0 Å². The molecule has 0 aliphatic carbocycles. The van der Waals surface area contributed by atoms with Crippen molar-refractivity contribution in [2.24, 2.45) is 5.92 Å². The van der Waals surface area contributed by atoms with E-state index in [0.717, 1.165) is 25.2 Å². The van der Waals surface area contributed by atoms with Crippen molar-refractivity contribution in [1.82, 2.24) is 10.2 Å². The van der Waals surface area contributed by atoms with Crippen LogP contribution in [0.15, 0.2) is 18.2 Å². The summed E-state index contributed by atoms with van der Waals surface area (Å²) in [6, 6.07) is 3.17. The van der Waals surface area contributed by atoms with Crippen LogP contribution in [-0.2, 0) is 9.59 Å². The SMILES string of the molecule is CC1CNCCN1C(=O)C1CC(=O)N(c2ccc(F)cc2F)C1.Cl. The Bertz CT molecular complexity index is 644. The van der Waals surface area contributed by atoms with Crippen LogP contribution in [0.3, 0.4) is 0 Å². The van der Waals surface area contributed by atoms with E-state index in [9.17, 15) is 18.4 Å². The van der Waals surface area contributed by atoms with Gasteiger partial charge in [-0.3, -0.25) is 9.59 Å². The number of carbonyl (C=O) groups is 2. The number of benzene rings is 1. The van der Waals surface area contributed by atoms with Crippen molar-refractivity contribution in [3.63, 3.8) is 0 Å². The predicted octanol–water partition coefficient (Wildman–Crippen LogP) is 1.56. The molecule has 0 saturated carbocycles. The zero-order valence-corrected chi connectivity index (χ0v) is 14.1. The number of halogens is 3. The van der Waals surface area contributed by atoms with Gasteiger partial charge in [0.1, 0.15) is 11.6 Å². The average Bonchev–Trinajstić information content (AvgIpc) is 2.89. The Morgan fingerprint density at radius 3 is 2.75 bits per heavy atom. The number of nitrogens with zero attached hydrogens (tertiary/aromatic N) is 2. The zero-order chi connectivity index (χ0) is 16.6. The summed E-state index contributed by atoms with van der Waals surface area (Å²) >= 11 is 0. The van der Waals surface area contributed by atoms with Crippen molar-refractivity contribution >= 4 is 29.9 Å². The van der Waals surface area contributed by atoms with Gasteiger partial charge in [0.2, 0.25) is 11.8 Å². The van der Waals surface area contributed by atoms with Gasteiger partial charge in [0.25, 0.3) is 0 Å². The molecular weight excluding hydrogens is 340 g/mol. The summed E-state index contributed by atoms with van der Waals surface area (Å²) in [7, 11) is 0. The number of hydrogen-bond acceptors (Lipinski definition) is 3. The molecule has 0 bridgehead atoms. The number of anilines is 1. The zero-order valence-electron chi connectivity index (χ0n) is 13.3. The summed E-state index contributed by atoms with van der Waals surface area (Å²) in [5.74, 6) is -2.34. The minimum atomic E-state index is -0.790. The van der Waals surface area contributed by atoms with Crippen LogP contribution in [0.5, 0.6) is 0 Å². The second-order valence-corrected chi connectivity index (χ2v) is 6.09. The van der Waals surface area contributed by atoms with E-state index in [1.807, 2.05) is 6.92 Å². The van der Waals surface area contributed by atoms with E-state index in [2.05, 4.69) is 5.32 Å². The highest BCUT2D eigenvalue weighted by molar-refractivity contribution is 6.00. The molecule has 2 amide bonds. The Labute approximate surface area is 145 Å². The van der Waals surface area contributed by atoms with Gasteiger partial charge in [-0.25, -0.2) is 8.78 Å². The van der Waals surface area contributed by atoms with Crippen LogP contribution in [0.1, 0.15) is 13.3 Å². The topological polar surface area (TPSA) is 52.7 Å².